The van der Waals surface area contributed by atoms with Gasteiger partial charge in [0.2, 0.25) is 0 Å². The average Bonchev–Trinajstić information content (AvgIpc) is 2.70. The van der Waals surface area contributed by atoms with Crippen molar-refractivity contribution in [2.24, 2.45) is 0 Å². The second-order valence-electron chi connectivity index (χ2n) is 3.30. The van der Waals surface area contributed by atoms with E-state index in [-0.39, 0.29) is 0 Å². The summed E-state index contributed by atoms with van der Waals surface area (Å²) in [5.74, 6) is 0.924. The molecule has 0 N–H and O–H groups in total. The fourth-order valence-electron chi connectivity index (χ4n) is 1.39. The topological polar surface area (TPSA) is 30.2 Å². The SMILES string of the molecule is Cc1ccc(Cl)c(-c2ccc(C=O)o2)c1. The zero-order valence-corrected chi connectivity index (χ0v) is 8.91. The summed E-state index contributed by atoms with van der Waals surface area (Å²) in [5, 5.41) is 0.618. The molecule has 0 saturated heterocycles. The number of benzene rings is 1. The van der Waals surface area contributed by atoms with E-state index < -0.39 is 0 Å². The Morgan fingerprint density at radius 3 is 2.73 bits per heavy atom. The van der Waals surface area contributed by atoms with E-state index in [1.165, 1.54) is 0 Å². The lowest BCUT2D eigenvalue weighted by Gasteiger charge is -2.01. The minimum atomic E-state index is 0.308. The third kappa shape index (κ3) is 1.95. The molecule has 0 radical (unpaired) electrons. The van der Waals surface area contributed by atoms with Crippen LogP contribution in [0.15, 0.2) is 34.7 Å². The molecule has 1 aromatic carbocycles. The molecule has 2 rings (SSSR count). The Morgan fingerprint density at radius 2 is 2.07 bits per heavy atom. The van der Waals surface area contributed by atoms with Crippen LogP contribution in [0.25, 0.3) is 11.3 Å². The van der Waals surface area contributed by atoms with Crippen LogP contribution >= 0.6 is 11.6 Å². The molecule has 0 saturated carbocycles. The molecular formula is C12H9ClO2. The van der Waals surface area contributed by atoms with Gasteiger partial charge in [-0.05, 0) is 31.2 Å². The van der Waals surface area contributed by atoms with Gasteiger partial charge in [0.15, 0.2) is 12.0 Å². The van der Waals surface area contributed by atoms with Crippen molar-refractivity contribution in [3.63, 3.8) is 0 Å². The standard InChI is InChI=1S/C12H9ClO2/c1-8-2-4-11(13)10(6-8)12-5-3-9(7-14)15-12/h2-7H,1H3. The molecular weight excluding hydrogens is 212 g/mol. The first kappa shape index (κ1) is 9.99. The van der Waals surface area contributed by atoms with Gasteiger partial charge < -0.3 is 4.42 Å². The second-order valence-corrected chi connectivity index (χ2v) is 3.71. The molecule has 0 atom stereocenters. The van der Waals surface area contributed by atoms with E-state index in [1.54, 1.807) is 12.1 Å². The Balaban J connectivity index is 2.52. The van der Waals surface area contributed by atoms with E-state index in [1.807, 2.05) is 25.1 Å². The highest BCUT2D eigenvalue weighted by atomic mass is 35.5. The molecule has 0 spiro atoms. The Kier molecular flexibility index (Phi) is 2.60. The highest BCUT2D eigenvalue weighted by Crippen LogP contribution is 2.29. The number of furan rings is 1. The Hall–Kier alpha value is -1.54. The Morgan fingerprint density at radius 1 is 1.27 bits per heavy atom. The first-order valence-electron chi connectivity index (χ1n) is 4.52. The average molecular weight is 221 g/mol. The van der Waals surface area contributed by atoms with Crippen molar-refractivity contribution >= 4 is 17.9 Å². The smallest absolute Gasteiger partial charge is 0.185 e. The molecule has 15 heavy (non-hydrogen) atoms. The van der Waals surface area contributed by atoms with Gasteiger partial charge in [0.05, 0.1) is 5.02 Å². The predicted octanol–water partition coefficient (Wildman–Crippen LogP) is 3.72. The lowest BCUT2D eigenvalue weighted by molar-refractivity contribution is 0.110. The maximum Gasteiger partial charge on any atom is 0.185 e. The normalized spacial score (nSPS) is 10.3. The molecule has 76 valence electrons. The maximum atomic E-state index is 10.5. The minimum Gasteiger partial charge on any atom is -0.453 e. The highest BCUT2D eigenvalue weighted by molar-refractivity contribution is 6.33. The number of carbonyl (C=O) groups is 1. The molecule has 2 aromatic rings. The minimum absolute atomic E-state index is 0.308. The van der Waals surface area contributed by atoms with Crippen molar-refractivity contribution in [3.8, 4) is 11.3 Å². The van der Waals surface area contributed by atoms with Gasteiger partial charge in [0.25, 0.3) is 0 Å². The number of halogens is 1. The Bertz CT molecular complexity index is 500. The molecule has 0 aliphatic heterocycles. The molecule has 0 amide bonds. The zero-order chi connectivity index (χ0) is 10.8. The summed E-state index contributed by atoms with van der Waals surface area (Å²) < 4.78 is 5.30. The van der Waals surface area contributed by atoms with Gasteiger partial charge in [-0.15, -0.1) is 0 Å². The van der Waals surface area contributed by atoms with Crippen molar-refractivity contribution in [1.29, 1.82) is 0 Å². The van der Waals surface area contributed by atoms with E-state index in [0.717, 1.165) is 11.1 Å². The van der Waals surface area contributed by atoms with E-state index in [4.69, 9.17) is 16.0 Å². The molecule has 0 fully saturated rings. The van der Waals surface area contributed by atoms with E-state index >= 15 is 0 Å². The summed E-state index contributed by atoms with van der Waals surface area (Å²) in [5.41, 5.74) is 1.91. The third-order valence-corrected chi connectivity index (χ3v) is 2.46. The van der Waals surface area contributed by atoms with Gasteiger partial charge in [0, 0.05) is 5.56 Å². The number of hydrogen-bond acceptors (Lipinski definition) is 2. The molecule has 0 unspecified atom stereocenters. The van der Waals surface area contributed by atoms with Crippen LogP contribution in [0.3, 0.4) is 0 Å². The van der Waals surface area contributed by atoms with Crippen LogP contribution < -0.4 is 0 Å². The summed E-state index contributed by atoms with van der Waals surface area (Å²) in [7, 11) is 0. The summed E-state index contributed by atoms with van der Waals surface area (Å²) in [6.07, 6.45) is 0.674. The number of carbonyl (C=O) groups excluding carboxylic acids is 1. The largest absolute Gasteiger partial charge is 0.453 e. The summed E-state index contributed by atoms with van der Waals surface area (Å²) in [6, 6.07) is 9.03. The number of aryl methyl sites for hydroxylation is 1. The Labute approximate surface area is 92.5 Å². The van der Waals surface area contributed by atoms with E-state index in [2.05, 4.69) is 0 Å². The van der Waals surface area contributed by atoms with Crippen molar-refractivity contribution < 1.29 is 9.21 Å². The van der Waals surface area contributed by atoms with Crippen LogP contribution in [0.2, 0.25) is 5.02 Å². The second kappa shape index (κ2) is 3.91. The molecule has 0 aliphatic carbocycles. The first-order chi connectivity index (χ1) is 7.20. The zero-order valence-electron chi connectivity index (χ0n) is 8.16. The maximum absolute atomic E-state index is 10.5. The molecule has 2 nitrogen and oxygen atoms in total. The molecule has 1 heterocycles. The quantitative estimate of drug-likeness (QED) is 0.722. The molecule has 3 heteroatoms. The summed E-state index contributed by atoms with van der Waals surface area (Å²) in [6.45, 7) is 1.98. The van der Waals surface area contributed by atoms with Crippen molar-refractivity contribution in [3.05, 3.63) is 46.7 Å². The summed E-state index contributed by atoms with van der Waals surface area (Å²) >= 11 is 6.03. The van der Waals surface area contributed by atoms with Crippen LogP contribution in [-0.4, -0.2) is 6.29 Å². The van der Waals surface area contributed by atoms with Gasteiger partial charge in [-0.3, -0.25) is 4.79 Å². The lowest BCUT2D eigenvalue weighted by Crippen LogP contribution is -1.79. The summed E-state index contributed by atoms with van der Waals surface area (Å²) in [4.78, 5) is 10.5. The molecule has 1 aromatic heterocycles. The predicted molar refractivity (Wildman–Crippen MR) is 59.3 cm³/mol. The van der Waals surface area contributed by atoms with Gasteiger partial charge in [-0.25, -0.2) is 0 Å². The van der Waals surface area contributed by atoms with Gasteiger partial charge >= 0.3 is 0 Å². The fraction of sp³-hybridized carbons (Fsp3) is 0.0833. The van der Waals surface area contributed by atoms with Crippen LogP contribution in [0.1, 0.15) is 16.1 Å². The van der Waals surface area contributed by atoms with Crippen LogP contribution in [0.5, 0.6) is 0 Å². The van der Waals surface area contributed by atoms with Crippen molar-refractivity contribution in [2.45, 2.75) is 6.92 Å². The van der Waals surface area contributed by atoms with Gasteiger partial charge in [-0.2, -0.15) is 0 Å². The number of aldehydes is 1. The fourth-order valence-corrected chi connectivity index (χ4v) is 1.60. The van der Waals surface area contributed by atoms with Crippen molar-refractivity contribution in [1.82, 2.24) is 0 Å². The molecule has 0 bridgehead atoms. The van der Waals surface area contributed by atoms with Crippen LogP contribution in [0.4, 0.5) is 0 Å². The van der Waals surface area contributed by atoms with Gasteiger partial charge in [-0.1, -0.05) is 23.2 Å². The van der Waals surface area contributed by atoms with Crippen molar-refractivity contribution in [2.75, 3.05) is 0 Å². The lowest BCUT2D eigenvalue weighted by atomic mass is 10.1. The van der Waals surface area contributed by atoms with E-state index in [0.29, 0.717) is 22.8 Å². The van der Waals surface area contributed by atoms with Gasteiger partial charge in [0.1, 0.15) is 5.76 Å². The highest BCUT2D eigenvalue weighted by Gasteiger charge is 2.08. The van der Waals surface area contributed by atoms with Crippen LogP contribution in [0, 0.1) is 6.92 Å². The number of rotatable bonds is 2. The van der Waals surface area contributed by atoms with E-state index in [9.17, 15) is 4.79 Å². The first-order valence-corrected chi connectivity index (χ1v) is 4.90. The number of hydrogen-bond donors (Lipinski definition) is 0. The van der Waals surface area contributed by atoms with Crippen LogP contribution in [-0.2, 0) is 0 Å². The third-order valence-electron chi connectivity index (χ3n) is 2.13. The monoisotopic (exact) mass is 220 g/mol. The molecule has 0 aliphatic rings.